The van der Waals surface area contributed by atoms with E-state index in [1.54, 1.807) is 0 Å². The Morgan fingerprint density at radius 1 is 0.702 bits per heavy atom. The number of rotatable bonds is 8. The van der Waals surface area contributed by atoms with Crippen LogP contribution in [0, 0.1) is 11.8 Å². The van der Waals surface area contributed by atoms with Crippen LogP contribution in [0.25, 0.3) is 0 Å². The van der Waals surface area contributed by atoms with Gasteiger partial charge in [-0.1, -0.05) is 30.6 Å². The number of nitrogens with two attached hydrogens (primary N) is 1. The van der Waals surface area contributed by atoms with Gasteiger partial charge in [0, 0.05) is 16.7 Å². The lowest BCUT2D eigenvalue weighted by Gasteiger charge is -2.29. The van der Waals surface area contributed by atoms with Crippen molar-refractivity contribution in [3.8, 4) is 0 Å². The first-order valence-corrected chi connectivity index (χ1v) is 16.8. The van der Waals surface area contributed by atoms with Crippen molar-refractivity contribution in [3.05, 3.63) is 32.9 Å². The molecule has 0 aliphatic heterocycles. The highest BCUT2D eigenvalue weighted by Gasteiger charge is 2.61. The van der Waals surface area contributed by atoms with Gasteiger partial charge < -0.3 is 15.9 Å². The second kappa shape index (κ2) is 19.2. The molecule has 0 saturated carbocycles. The minimum atomic E-state index is -5.79. The summed E-state index contributed by atoms with van der Waals surface area (Å²) in [5.41, 5.74) is 4.50. The van der Waals surface area contributed by atoms with E-state index in [-0.39, 0.29) is 28.4 Å². The number of aliphatic hydroxyl groups is 2. The van der Waals surface area contributed by atoms with E-state index in [9.17, 15) is 69.5 Å². The molecule has 0 unspecified atom stereocenters. The Balaban J connectivity index is -0.000000661. The van der Waals surface area contributed by atoms with Gasteiger partial charge in [-0.15, -0.1) is 35.1 Å². The Labute approximate surface area is 287 Å². The summed E-state index contributed by atoms with van der Waals surface area (Å²) in [6.07, 6.45) is -22.6. The largest absolute Gasteiger partial charge is 0.402 e. The van der Waals surface area contributed by atoms with Gasteiger partial charge in [0.05, 0.1) is 27.9 Å². The van der Waals surface area contributed by atoms with Gasteiger partial charge >= 0.3 is 24.7 Å². The van der Waals surface area contributed by atoms with Gasteiger partial charge in [0.1, 0.15) is 8.42 Å². The second-order valence-electron chi connectivity index (χ2n) is 7.93. The zero-order valence-electron chi connectivity index (χ0n) is 21.3. The van der Waals surface area contributed by atoms with Crippen molar-refractivity contribution in [3.63, 3.8) is 0 Å². The molecule has 0 aliphatic carbocycles. The van der Waals surface area contributed by atoms with E-state index in [4.69, 9.17) is 44.1 Å². The second-order valence-corrected chi connectivity index (χ2v) is 16.1. The van der Waals surface area contributed by atoms with Crippen molar-refractivity contribution >= 4 is 88.0 Å². The fraction of sp³-hybridized carbons (Fsp3) is 0.579. The third-order valence-corrected chi connectivity index (χ3v) is 11.1. The zero-order valence-corrected chi connectivity index (χ0v) is 27.7. The Morgan fingerprint density at radius 3 is 1.23 bits per heavy atom. The number of halogens is 16. The minimum absolute atomic E-state index is 0. The Morgan fingerprint density at radius 2 is 1.04 bits per heavy atom. The first kappa shape index (κ1) is 50.8. The van der Waals surface area contributed by atoms with Crippen LogP contribution in [-0.2, 0) is 19.1 Å². The highest BCUT2D eigenvalue weighted by atomic mass is 35.7. The van der Waals surface area contributed by atoms with Gasteiger partial charge in [-0.2, -0.15) is 52.7 Å². The molecular formula is C19H22Cl4F12N2O6S4. The van der Waals surface area contributed by atoms with E-state index < -0.39 is 85.1 Å². The van der Waals surface area contributed by atoms with Gasteiger partial charge in [0.25, 0.3) is 9.05 Å². The van der Waals surface area contributed by atoms with Gasteiger partial charge in [0.2, 0.25) is 10.0 Å². The molecule has 0 bridgehead atoms. The quantitative estimate of drug-likeness (QED) is 0.162. The molecule has 0 amide bonds. The Hall–Kier alpha value is -0.540. The molecule has 2 aromatic rings. The van der Waals surface area contributed by atoms with E-state index in [1.165, 1.54) is 16.9 Å². The molecule has 2 rings (SSSR count). The standard InChI is InChI=1S/C9H8ClF6NO3S2.C5H7F6NO.C4H2Cl2O2S2.CH4.ClH/c10-5-1-2-6(21-5)22(19,20)17-4(3-18)7(8(11,12)13)9(14,15)16;6-4(7,8)3(2(12)1-13)5(9,10)11;5-3-1-2-4(9-3)10(6,7)8;;/h1-2,4,7,17-18H,3H2;2-3,13H,1,12H2;1-2H;1H4;1H/t4-;2-;;;/m11.../s1. The minimum Gasteiger partial charge on any atom is -0.395 e. The maximum atomic E-state index is 12.6. The molecule has 0 spiro atoms. The van der Waals surface area contributed by atoms with E-state index in [0.29, 0.717) is 15.7 Å². The molecule has 0 saturated heterocycles. The number of nitrogens with one attached hydrogen (secondary N) is 1. The predicted octanol–water partition coefficient (Wildman–Crippen LogP) is 7.22. The number of sulfonamides is 1. The highest BCUT2D eigenvalue weighted by molar-refractivity contribution is 8.15. The normalized spacial score (nSPS) is 14.2. The lowest BCUT2D eigenvalue weighted by molar-refractivity contribution is -0.293. The molecule has 0 fully saturated rings. The smallest absolute Gasteiger partial charge is 0.395 e. The van der Waals surface area contributed by atoms with Crippen LogP contribution in [-0.4, -0.2) is 77.1 Å². The number of alkyl halides is 12. The van der Waals surface area contributed by atoms with Crippen LogP contribution in [0.5, 0.6) is 0 Å². The van der Waals surface area contributed by atoms with E-state index in [2.05, 4.69) is 5.73 Å². The summed E-state index contributed by atoms with van der Waals surface area (Å²) in [6, 6.07) is -0.304. The molecule has 0 aromatic carbocycles. The van der Waals surface area contributed by atoms with Crippen molar-refractivity contribution in [2.45, 2.75) is 52.6 Å². The molecule has 28 heteroatoms. The van der Waals surface area contributed by atoms with Crippen molar-refractivity contribution < 1.29 is 79.7 Å². The highest BCUT2D eigenvalue weighted by Crippen LogP contribution is 2.42. The van der Waals surface area contributed by atoms with Crippen LogP contribution in [0.15, 0.2) is 32.7 Å². The molecule has 0 aliphatic rings. The molecule has 2 heterocycles. The van der Waals surface area contributed by atoms with Crippen molar-refractivity contribution in [2.24, 2.45) is 17.6 Å². The van der Waals surface area contributed by atoms with E-state index in [0.717, 1.165) is 23.5 Å². The van der Waals surface area contributed by atoms with Crippen LogP contribution in [0.2, 0.25) is 8.67 Å². The fourth-order valence-corrected chi connectivity index (χ4v) is 7.75. The summed E-state index contributed by atoms with van der Waals surface area (Å²) >= 11 is 12.3. The predicted molar refractivity (Wildman–Crippen MR) is 153 cm³/mol. The number of hydrogen-bond donors (Lipinski definition) is 4. The zero-order chi connectivity index (χ0) is 36.0. The molecule has 47 heavy (non-hydrogen) atoms. The number of thiophene rings is 2. The van der Waals surface area contributed by atoms with Crippen molar-refractivity contribution in [1.82, 2.24) is 4.72 Å². The molecule has 0 radical (unpaired) electrons. The van der Waals surface area contributed by atoms with Crippen LogP contribution in [0.3, 0.4) is 0 Å². The van der Waals surface area contributed by atoms with Crippen LogP contribution in [0.1, 0.15) is 7.43 Å². The summed E-state index contributed by atoms with van der Waals surface area (Å²) in [5.74, 6) is -7.72. The summed E-state index contributed by atoms with van der Waals surface area (Å²) in [5, 5.41) is 16.9. The van der Waals surface area contributed by atoms with Crippen LogP contribution >= 0.6 is 69.0 Å². The first-order valence-electron chi connectivity index (χ1n) is 10.6. The number of hydrogen-bond acceptors (Lipinski definition) is 9. The maximum Gasteiger partial charge on any atom is 0.402 e. The SMILES string of the molecule is C.Cl.N[C@H](CO)C(C(F)(F)F)C(F)(F)F.O=S(=O)(Cl)c1ccc(Cl)s1.O=S(=O)(N[C@H](CO)C(C(F)(F)F)C(F)(F)F)c1ccc(Cl)s1. The fourth-order valence-electron chi connectivity index (χ4n) is 2.76. The molecule has 5 N–H and O–H groups in total. The summed E-state index contributed by atoms with van der Waals surface area (Å²) in [6.45, 7) is -3.06. The van der Waals surface area contributed by atoms with Gasteiger partial charge in [-0.3, -0.25) is 0 Å². The van der Waals surface area contributed by atoms with Crippen molar-refractivity contribution in [2.75, 3.05) is 13.2 Å². The lowest BCUT2D eigenvalue weighted by atomic mass is 10.00. The molecule has 8 nitrogen and oxygen atoms in total. The summed E-state index contributed by atoms with van der Waals surface area (Å²) < 4.78 is 192. The summed E-state index contributed by atoms with van der Waals surface area (Å²) in [4.78, 5) is 0. The molecular weight excluding hydrogens is 850 g/mol. The van der Waals surface area contributed by atoms with Gasteiger partial charge in [0.15, 0.2) is 11.8 Å². The van der Waals surface area contributed by atoms with E-state index >= 15 is 0 Å². The van der Waals surface area contributed by atoms with Crippen LogP contribution < -0.4 is 10.5 Å². The summed E-state index contributed by atoms with van der Waals surface area (Å²) in [7, 11) is -3.27. The topological polar surface area (TPSA) is 147 Å². The molecule has 2 atom stereocenters. The van der Waals surface area contributed by atoms with Crippen molar-refractivity contribution in [1.29, 1.82) is 0 Å². The third kappa shape index (κ3) is 17.3. The maximum absolute atomic E-state index is 12.6. The third-order valence-electron chi connectivity index (χ3n) is 4.56. The number of aliphatic hydroxyl groups excluding tert-OH is 2. The monoisotopic (exact) mass is 870 g/mol. The Bertz CT molecular complexity index is 1400. The van der Waals surface area contributed by atoms with Gasteiger partial charge in [-0.25, -0.2) is 21.6 Å². The lowest BCUT2D eigenvalue weighted by Crippen LogP contribution is -2.54. The average Bonchev–Trinajstić information content (AvgIpc) is 3.44. The first-order chi connectivity index (χ1) is 19.9. The van der Waals surface area contributed by atoms with E-state index in [1.807, 2.05) is 0 Å². The molecule has 2 aromatic heterocycles. The average molecular weight is 872 g/mol. The Kier molecular flexibility index (Phi) is 20.7. The van der Waals surface area contributed by atoms with Crippen LogP contribution in [0.4, 0.5) is 52.7 Å². The van der Waals surface area contributed by atoms with Gasteiger partial charge in [-0.05, 0) is 24.3 Å². The molecule has 280 valence electrons.